The van der Waals surface area contributed by atoms with Crippen LogP contribution < -0.4 is 8.91 Å². The van der Waals surface area contributed by atoms with Crippen LogP contribution in [0.3, 0.4) is 0 Å². The van der Waals surface area contributed by atoms with Crippen LogP contribution in [0.4, 0.5) is 4.39 Å². The Morgan fingerprint density at radius 2 is 1.78 bits per heavy atom. The Morgan fingerprint density at radius 3 is 2.39 bits per heavy atom. The van der Waals surface area contributed by atoms with E-state index in [9.17, 15) is 12.8 Å². The highest BCUT2D eigenvalue weighted by Gasteiger charge is 2.26. The van der Waals surface area contributed by atoms with E-state index in [-0.39, 0.29) is 17.7 Å². The molecule has 0 saturated heterocycles. The second-order valence-corrected chi connectivity index (χ2v) is 7.99. The number of nitrogens with one attached hydrogen (secondary N) is 1. The van der Waals surface area contributed by atoms with Gasteiger partial charge in [-0.05, 0) is 28.7 Å². The smallest absolute Gasteiger partial charge is 0.370 e. The minimum atomic E-state index is -3.84. The third-order valence-electron chi connectivity index (χ3n) is 3.82. The molecule has 1 N–H and O–H groups in total. The Labute approximate surface area is 135 Å². The van der Waals surface area contributed by atoms with Gasteiger partial charge in [0.05, 0.1) is 0 Å². The van der Waals surface area contributed by atoms with Crippen molar-refractivity contribution in [2.45, 2.75) is 32.7 Å². The van der Waals surface area contributed by atoms with Crippen molar-refractivity contribution in [3.8, 4) is 16.9 Å². The lowest BCUT2D eigenvalue weighted by Gasteiger charge is -2.22. The Balaban J connectivity index is 2.12. The molecule has 3 rings (SSSR count). The van der Waals surface area contributed by atoms with E-state index in [1.807, 2.05) is 24.3 Å². The molecule has 0 bridgehead atoms. The monoisotopic (exact) mass is 335 g/mol. The molecular weight excluding hydrogens is 317 g/mol. The molecule has 0 aliphatic carbocycles. The van der Waals surface area contributed by atoms with Gasteiger partial charge in [0, 0.05) is 17.7 Å². The van der Waals surface area contributed by atoms with Crippen molar-refractivity contribution < 1.29 is 17.0 Å². The summed E-state index contributed by atoms with van der Waals surface area (Å²) in [5.74, 6) is -0.239. The molecule has 0 unspecified atom stereocenters. The first-order chi connectivity index (χ1) is 10.7. The number of hydrogen-bond donors (Lipinski definition) is 1. The van der Waals surface area contributed by atoms with Crippen molar-refractivity contribution >= 4 is 10.3 Å². The van der Waals surface area contributed by atoms with Gasteiger partial charge in [-0.15, -0.1) is 0 Å². The predicted molar refractivity (Wildman–Crippen MR) is 86.9 cm³/mol. The normalized spacial score (nSPS) is 16.5. The molecular formula is C17H18FNO3S. The van der Waals surface area contributed by atoms with Gasteiger partial charge in [0.25, 0.3) is 0 Å². The van der Waals surface area contributed by atoms with Gasteiger partial charge in [0.2, 0.25) is 0 Å². The molecule has 4 nitrogen and oxygen atoms in total. The molecule has 1 heterocycles. The second kappa shape index (κ2) is 5.32. The average molecular weight is 335 g/mol. The summed E-state index contributed by atoms with van der Waals surface area (Å²) in [4.78, 5) is 0. The molecule has 6 heteroatoms. The first-order valence-corrected chi connectivity index (χ1v) is 8.69. The SMILES string of the molecule is CC(C)(C)c1ccc(-c2cc(F)cc3c2OS(=O)(=O)NC3)cc1. The van der Waals surface area contributed by atoms with Crippen molar-refractivity contribution in [1.29, 1.82) is 0 Å². The molecule has 2 aromatic carbocycles. The molecule has 0 atom stereocenters. The van der Waals surface area contributed by atoms with Gasteiger partial charge in [-0.25, -0.2) is 4.39 Å². The van der Waals surface area contributed by atoms with Gasteiger partial charge in [0.15, 0.2) is 5.75 Å². The van der Waals surface area contributed by atoms with Gasteiger partial charge in [-0.1, -0.05) is 45.0 Å². The number of halogens is 1. The lowest BCUT2D eigenvalue weighted by atomic mass is 9.86. The number of hydrogen-bond acceptors (Lipinski definition) is 3. The fourth-order valence-corrected chi connectivity index (χ4v) is 3.36. The van der Waals surface area contributed by atoms with Crippen molar-refractivity contribution in [2.24, 2.45) is 0 Å². The summed E-state index contributed by atoms with van der Waals surface area (Å²) in [5, 5.41) is 0. The highest BCUT2D eigenvalue weighted by atomic mass is 32.2. The molecule has 1 aliphatic heterocycles. The van der Waals surface area contributed by atoms with Crippen LogP contribution in [0.1, 0.15) is 31.9 Å². The van der Waals surface area contributed by atoms with E-state index < -0.39 is 16.1 Å². The van der Waals surface area contributed by atoms with Gasteiger partial charge in [0.1, 0.15) is 5.82 Å². The maximum atomic E-state index is 13.9. The number of fused-ring (bicyclic) bond motifs is 1. The minimum Gasteiger partial charge on any atom is -0.370 e. The van der Waals surface area contributed by atoms with E-state index in [1.54, 1.807) is 0 Å². The second-order valence-electron chi connectivity index (χ2n) is 6.63. The zero-order valence-corrected chi connectivity index (χ0v) is 14.0. The van der Waals surface area contributed by atoms with E-state index in [0.717, 1.165) is 5.56 Å². The van der Waals surface area contributed by atoms with Gasteiger partial charge in [-0.2, -0.15) is 13.1 Å². The third kappa shape index (κ3) is 3.23. The van der Waals surface area contributed by atoms with Crippen molar-refractivity contribution in [2.75, 3.05) is 0 Å². The fourth-order valence-electron chi connectivity index (χ4n) is 2.55. The summed E-state index contributed by atoms with van der Waals surface area (Å²) in [6, 6.07) is 10.2. The Hall–Kier alpha value is -1.92. The molecule has 0 spiro atoms. The number of rotatable bonds is 1. The van der Waals surface area contributed by atoms with Crippen molar-refractivity contribution in [3.63, 3.8) is 0 Å². The minimum absolute atomic E-state index is 0.00363. The topological polar surface area (TPSA) is 55.4 Å². The van der Waals surface area contributed by atoms with Crippen LogP contribution in [0.5, 0.6) is 5.75 Å². The molecule has 0 radical (unpaired) electrons. The largest absolute Gasteiger partial charge is 0.382 e. The molecule has 2 aromatic rings. The Morgan fingerprint density at radius 1 is 1.13 bits per heavy atom. The maximum Gasteiger partial charge on any atom is 0.382 e. The lowest BCUT2D eigenvalue weighted by Crippen LogP contribution is -2.32. The molecule has 0 aromatic heterocycles. The highest BCUT2D eigenvalue weighted by Crippen LogP contribution is 2.37. The Bertz CT molecular complexity index is 853. The quantitative estimate of drug-likeness (QED) is 0.867. The third-order valence-corrected chi connectivity index (χ3v) is 4.71. The predicted octanol–water partition coefficient (Wildman–Crippen LogP) is 3.52. The Kier molecular flexibility index (Phi) is 3.69. The molecule has 23 heavy (non-hydrogen) atoms. The van der Waals surface area contributed by atoms with E-state index in [4.69, 9.17) is 4.18 Å². The average Bonchev–Trinajstić information content (AvgIpc) is 2.46. The van der Waals surface area contributed by atoms with Crippen molar-refractivity contribution in [3.05, 3.63) is 53.3 Å². The van der Waals surface area contributed by atoms with Crippen molar-refractivity contribution in [1.82, 2.24) is 4.72 Å². The van der Waals surface area contributed by atoms with E-state index in [2.05, 4.69) is 25.5 Å². The summed E-state index contributed by atoms with van der Waals surface area (Å²) in [5.41, 5.74) is 2.77. The van der Waals surface area contributed by atoms with Crippen LogP contribution in [0.25, 0.3) is 11.1 Å². The lowest BCUT2D eigenvalue weighted by molar-refractivity contribution is 0.452. The fraction of sp³-hybridized carbons (Fsp3) is 0.294. The van der Waals surface area contributed by atoms with Crippen LogP contribution in [0, 0.1) is 5.82 Å². The van der Waals surface area contributed by atoms with E-state index in [0.29, 0.717) is 16.7 Å². The van der Waals surface area contributed by atoms with Crippen LogP contribution in [0.2, 0.25) is 0 Å². The first-order valence-electron chi connectivity index (χ1n) is 7.28. The van der Waals surface area contributed by atoms with Gasteiger partial charge in [-0.3, -0.25) is 0 Å². The van der Waals surface area contributed by atoms with Crippen LogP contribution in [-0.2, 0) is 22.3 Å². The summed E-state index contributed by atoms with van der Waals surface area (Å²) < 4.78 is 44.4. The van der Waals surface area contributed by atoms with Gasteiger partial charge >= 0.3 is 10.3 Å². The van der Waals surface area contributed by atoms with Gasteiger partial charge < -0.3 is 4.18 Å². The zero-order chi connectivity index (χ0) is 16.8. The summed E-state index contributed by atoms with van der Waals surface area (Å²) in [6.45, 7) is 6.33. The molecule has 0 saturated carbocycles. The summed E-state index contributed by atoms with van der Waals surface area (Å²) >= 11 is 0. The molecule has 0 fully saturated rings. The maximum absolute atomic E-state index is 13.9. The molecule has 1 aliphatic rings. The standard InChI is InChI=1S/C17H18FNO3S/c1-17(2,3)13-6-4-11(5-7-13)15-9-14(18)8-12-10-19-23(20,21)22-16(12)15/h4-9,19H,10H2,1-3H3. The molecule has 122 valence electrons. The van der Waals surface area contributed by atoms with E-state index >= 15 is 0 Å². The van der Waals surface area contributed by atoms with E-state index in [1.165, 1.54) is 12.1 Å². The highest BCUT2D eigenvalue weighted by molar-refractivity contribution is 7.85. The van der Waals surface area contributed by atoms with Crippen LogP contribution in [-0.4, -0.2) is 8.42 Å². The van der Waals surface area contributed by atoms with Crippen LogP contribution in [0.15, 0.2) is 36.4 Å². The summed E-state index contributed by atoms with van der Waals surface area (Å²) in [7, 11) is -3.84. The molecule has 0 amide bonds. The first kappa shape index (κ1) is 16.0. The summed E-state index contributed by atoms with van der Waals surface area (Å²) in [6.07, 6.45) is 0. The number of benzene rings is 2. The zero-order valence-electron chi connectivity index (χ0n) is 13.2. The van der Waals surface area contributed by atoms with Crippen LogP contribution >= 0.6 is 0 Å².